The van der Waals surface area contributed by atoms with E-state index in [1.165, 1.54) is 17.0 Å². The lowest BCUT2D eigenvalue weighted by molar-refractivity contribution is -0.140. The minimum absolute atomic E-state index is 0.0351. The fraction of sp³-hybridized carbons (Fsp3) is 0.235. The van der Waals surface area contributed by atoms with Crippen LogP contribution in [0.4, 0.5) is 5.69 Å². The molecule has 0 unspecified atom stereocenters. The van der Waals surface area contributed by atoms with Crippen LogP contribution in [0, 0.1) is 5.92 Å². The third kappa shape index (κ3) is 8.40. The Bertz CT molecular complexity index is 1630. The van der Waals surface area contributed by atoms with E-state index in [0.29, 0.717) is 27.8 Å². The number of rotatable bonds is 13. The van der Waals surface area contributed by atoms with Crippen molar-refractivity contribution >= 4 is 50.7 Å². The molecule has 0 saturated heterocycles. The average Bonchev–Trinajstić information content (AvgIpc) is 3.02. The highest BCUT2D eigenvalue weighted by atomic mass is 35.5. The number of hydrogen-bond acceptors (Lipinski definition) is 4. The van der Waals surface area contributed by atoms with Gasteiger partial charge in [-0.05, 0) is 47.9 Å². The number of carbonyl (C=O) groups excluding carboxylic acids is 2. The molecule has 0 spiro atoms. The fourth-order valence-electron chi connectivity index (χ4n) is 4.67. The van der Waals surface area contributed by atoms with Crippen molar-refractivity contribution in [1.82, 2.24) is 10.2 Å². The Labute approximate surface area is 269 Å². The first-order valence-corrected chi connectivity index (χ1v) is 16.4. The van der Waals surface area contributed by atoms with Crippen LogP contribution >= 0.6 is 23.2 Å². The van der Waals surface area contributed by atoms with Gasteiger partial charge >= 0.3 is 0 Å². The first kappa shape index (κ1) is 33.1. The predicted molar refractivity (Wildman–Crippen MR) is 176 cm³/mol. The van der Waals surface area contributed by atoms with Gasteiger partial charge in [-0.25, -0.2) is 8.42 Å². The lowest BCUT2D eigenvalue weighted by Crippen LogP contribution is -2.53. The van der Waals surface area contributed by atoms with Crippen LogP contribution in [0.3, 0.4) is 0 Å². The molecule has 0 fully saturated rings. The minimum Gasteiger partial charge on any atom is -0.354 e. The standard InChI is InChI=1S/C34H35Cl2N3O4S/c1-25(2)22-37-34(41)32(21-26-13-6-3-7-14-26)38(23-29-30(35)19-12-20-31(29)36)33(40)24-39(27-15-8-4-9-16-27)44(42,43)28-17-10-5-11-18-28/h3-20,25,32H,21-24H2,1-2H3,(H,37,41)/t32-/m1/s1. The lowest BCUT2D eigenvalue weighted by atomic mass is 10.0. The molecule has 1 atom stereocenters. The first-order chi connectivity index (χ1) is 21.1. The average molecular weight is 653 g/mol. The van der Waals surface area contributed by atoms with E-state index < -0.39 is 28.5 Å². The van der Waals surface area contributed by atoms with Crippen molar-refractivity contribution in [3.05, 3.63) is 130 Å². The van der Waals surface area contributed by atoms with Crippen molar-refractivity contribution in [2.75, 3.05) is 17.4 Å². The largest absolute Gasteiger partial charge is 0.354 e. The Hall–Kier alpha value is -3.85. The Balaban J connectivity index is 1.81. The van der Waals surface area contributed by atoms with E-state index >= 15 is 0 Å². The number of anilines is 1. The second-order valence-corrected chi connectivity index (χ2v) is 13.4. The SMILES string of the molecule is CC(C)CNC(=O)[C@@H](Cc1ccccc1)N(Cc1c(Cl)cccc1Cl)C(=O)CN(c1ccccc1)S(=O)(=O)c1ccccc1. The molecule has 0 bridgehead atoms. The summed E-state index contributed by atoms with van der Waals surface area (Å²) in [5.74, 6) is -0.788. The van der Waals surface area contributed by atoms with E-state index in [9.17, 15) is 18.0 Å². The molecule has 7 nitrogen and oxygen atoms in total. The van der Waals surface area contributed by atoms with E-state index in [4.69, 9.17) is 23.2 Å². The van der Waals surface area contributed by atoms with Crippen molar-refractivity contribution in [1.29, 1.82) is 0 Å². The number of sulfonamides is 1. The predicted octanol–water partition coefficient (Wildman–Crippen LogP) is 6.60. The molecule has 4 rings (SSSR count). The van der Waals surface area contributed by atoms with Gasteiger partial charge in [0.1, 0.15) is 12.6 Å². The summed E-state index contributed by atoms with van der Waals surface area (Å²) in [6.45, 7) is 3.68. The van der Waals surface area contributed by atoms with Crippen molar-refractivity contribution in [2.45, 2.75) is 37.8 Å². The molecule has 10 heteroatoms. The molecule has 4 aromatic carbocycles. The van der Waals surface area contributed by atoms with E-state index in [1.54, 1.807) is 66.7 Å². The van der Waals surface area contributed by atoms with Gasteiger partial charge < -0.3 is 10.2 Å². The van der Waals surface area contributed by atoms with Gasteiger partial charge in [-0.1, -0.05) is 110 Å². The summed E-state index contributed by atoms with van der Waals surface area (Å²) in [6.07, 6.45) is 0.190. The number of halogens is 2. The minimum atomic E-state index is -4.17. The number of nitrogens with one attached hydrogen (secondary N) is 1. The number of carbonyl (C=O) groups is 2. The highest BCUT2D eigenvalue weighted by molar-refractivity contribution is 7.92. The van der Waals surface area contributed by atoms with Gasteiger partial charge in [-0.3, -0.25) is 13.9 Å². The van der Waals surface area contributed by atoms with Crippen LogP contribution in [-0.4, -0.2) is 44.3 Å². The van der Waals surface area contributed by atoms with E-state index in [-0.39, 0.29) is 29.7 Å². The van der Waals surface area contributed by atoms with Crippen molar-refractivity contribution in [3.8, 4) is 0 Å². The molecule has 0 aromatic heterocycles. The van der Waals surface area contributed by atoms with E-state index in [1.807, 2.05) is 44.2 Å². The molecular formula is C34H35Cl2N3O4S. The van der Waals surface area contributed by atoms with Crippen LogP contribution in [0.5, 0.6) is 0 Å². The molecule has 0 radical (unpaired) electrons. The summed E-state index contributed by atoms with van der Waals surface area (Å²) >= 11 is 13.1. The van der Waals surface area contributed by atoms with Gasteiger partial charge in [0.05, 0.1) is 10.6 Å². The zero-order chi connectivity index (χ0) is 31.7. The van der Waals surface area contributed by atoms with Gasteiger partial charge in [0.2, 0.25) is 11.8 Å². The van der Waals surface area contributed by atoms with E-state index in [0.717, 1.165) is 9.87 Å². The third-order valence-corrected chi connectivity index (χ3v) is 9.50. The first-order valence-electron chi connectivity index (χ1n) is 14.2. The van der Waals surface area contributed by atoms with Gasteiger partial charge in [-0.15, -0.1) is 0 Å². The highest BCUT2D eigenvalue weighted by Crippen LogP contribution is 2.29. The van der Waals surface area contributed by atoms with E-state index in [2.05, 4.69) is 5.32 Å². The molecule has 0 aliphatic carbocycles. The quantitative estimate of drug-likeness (QED) is 0.176. The maximum absolute atomic E-state index is 14.5. The number of amides is 2. The maximum atomic E-state index is 14.5. The molecule has 1 N–H and O–H groups in total. The molecule has 4 aromatic rings. The van der Waals surface area contributed by atoms with Gasteiger partial charge in [0.25, 0.3) is 10.0 Å². The summed E-state index contributed by atoms with van der Waals surface area (Å²) in [7, 11) is -4.17. The van der Waals surface area contributed by atoms with Crippen molar-refractivity contribution < 1.29 is 18.0 Å². The normalized spacial score (nSPS) is 12.0. The Morgan fingerprint density at radius 1 is 0.773 bits per heavy atom. The van der Waals surface area contributed by atoms with Gasteiger partial charge in [0, 0.05) is 35.1 Å². The van der Waals surface area contributed by atoms with Crippen molar-refractivity contribution in [3.63, 3.8) is 0 Å². The number of nitrogens with zero attached hydrogens (tertiary/aromatic N) is 2. The molecule has 2 amide bonds. The molecule has 230 valence electrons. The molecule has 0 saturated carbocycles. The number of para-hydroxylation sites is 1. The molecular weight excluding hydrogens is 617 g/mol. The molecule has 0 heterocycles. The Morgan fingerprint density at radius 3 is 1.89 bits per heavy atom. The number of benzene rings is 4. The van der Waals surface area contributed by atoms with Gasteiger partial charge in [-0.2, -0.15) is 0 Å². The van der Waals surface area contributed by atoms with Crippen LogP contribution in [0.1, 0.15) is 25.0 Å². The van der Waals surface area contributed by atoms with Crippen LogP contribution in [0.2, 0.25) is 10.0 Å². The monoisotopic (exact) mass is 651 g/mol. The van der Waals surface area contributed by atoms with Crippen LogP contribution in [-0.2, 0) is 32.6 Å². The topological polar surface area (TPSA) is 86.8 Å². The lowest BCUT2D eigenvalue weighted by Gasteiger charge is -2.34. The zero-order valence-electron chi connectivity index (χ0n) is 24.6. The fourth-order valence-corrected chi connectivity index (χ4v) is 6.63. The van der Waals surface area contributed by atoms with Crippen LogP contribution < -0.4 is 9.62 Å². The van der Waals surface area contributed by atoms with Crippen LogP contribution in [0.25, 0.3) is 0 Å². The summed E-state index contributed by atoms with van der Waals surface area (Å²) < 4.78 is 29.0. The second-order valence-electron chi connectivity index (χ2n) is 10.7. The second kappa shape index (κ2) is 15.2. The summed E-state index contributed by atoms with van der Waals surface area (Å²) in [6, 6.07) is 29.7. The smallest absolute Gasteiger partial charge is 0.264 e. The summed E-state index contributed by atoms with van der Waals surface area (Å²) in [5, 5.41) is 3.62. The van der Waals surface area contributed by atoms with Crippen molar-refractivity contribution in [2.24, 2.45) is 5.92 Å². The molecule has 0 aliphatic heterocycles. The maximum Gasteiger partial charge on any atom is 0.264 e. The summed E-state index contributed by atoms with van der Waals surface area (Å²) in [4.78, 5) is 29.7. The third-order valence-electron chi connectivity index (χ3n) is 7.00. The Morgan fingerprint density at radius 2 is 1.32 bits per heavy atom. The number of hydrogen-bond donors (Lipinski definition) is 1. The van der Waals surface area contributed by atoms with Crippen LogP contribution in [0.15, 0.2) is 114 Å². The molecule has 0 aliphatic rings. The Kier molecular flexibility index (Phi) is 11.4. The highest BCUT2D eigenvalue weighted by Gasteiger charge is 2.35. The summed E-state index contributed by atoms with van der Waals surface area (Å²) in [5.41, 5.74) is 1.59. The molecule has 44 heavy (non-hydrogen) atoms. The van der Waals surface area contributed by atoms with Gasteiger partial charge in [0.15, 0.2) is 0 Å². The zero-order valence-corrected chi connectivity index (χ0v) is 26.9.